The van der Waals surface area contributed by atoms with E-state index in [9.17, 15) is 14.7 Å². The van der Waals surface area contributed by atoms with Crippen LogP contribution in [0.25, 0.3) is 21.8 Å². The van der Waals surface area contributed by atoms with E-state index >= 15 is 0 Å². The van der Waals surface area contributed by atoms with Crippen LogP contribution < -0.4 is 0 Å². The van der Waals surface area contributed by atoms with Crippen molar-refractivity contribution >= 4 is 56.8 Å². The molecule has 0 bridgehead atoms. The Balaban J connectivity index is 0.000000179. The number of hydrogen-bond acceptors (Lipinski definition) is 3. The summed E-state index contributed by atoms with van der Waals surface area (Å²) in [5.41, 5.74) is 7.29. The molecule has 0 radical (unpaired) electrons. The van der Waals surface area contributed by atoms with E-state index in [0.29, 0.717) is 22.7 Å². The maximum absolute atomic E-state index is 13.3. The summed E-state index contributed by atoms with van der Waals surface area (Å²) in [4.78, 5) is 28.1. The van der Waals surface area contributed by atoms with Gasteiger partial charge in [-0.1, -0.05) is 124 Å². The molecule has 54 heavy (non-hydrogen) atoms. The number of fused-ring (bicyclic) bond motifs is 3. The van der Waals surface area contributed by atoms with Crippen LogP contribution in [0.2, 0.25) is 10.0 Å². The molecule has 8 rings (SSSR count). The first-order valence-corrected chi connectivity index (χ1v) is 19.1. The minimum absolute atomic E-state index is 0.0199. The highest BCUT2D eigenvalue weighted by Gasteiger charge is 2.42. The van der Waals surface area contributed by atoms with Crippen molar-refractivity contribution < 1.29 is 14.7 Å². The van der Waals surface area contributed by atoms with Crippen LogP contribution in [0.3, 0.4) is 0 Å². The van der Waals surface area contributed by atoms with Gasteiger partial charge in [-0.3, -0.25) is 14.5 Å². The molecule has 0 spiro atoms. The fraction of sp³-hybridized carbons (Fsp3) is 0.217. The molecule has 7 aromatic rings. The fourth-order valence-electron chi connectivity index (χ4n) is 7.48. The monoisotopic (exact) mass is 755 g/mol. The largest absolute Gasteiger partial charge is 0.387 e. The minimum atomic E-state index is -0.491. The second kappa shape index (κ2) is 15.7. The number of aromatic nitrogens is 2. The van der Waals surface area contributed by atoms with Gasteiger partial charge in [-0.05, 0) is 83.6 Å². The van der Waals surface area contributed by atoms with Crippen LogP contribution in [-0.4, -0.2) is 31.0 Å². The Kier molecular flexibility index (Phi) is 10.8. The van der Waals surface area contributed by atoms with Crippen molar-refractivity contribution in [2.45, 2.75) is 52.9 Å². The smallest absolute Gasteiger partial charge is 0.262 e. The molecule has 0 saturated carbocycles. The molecular formula is C46H43Cl2N3O3. The number of carbonyl (C=O) groups is 2. The van der Waals surface area contributed by atoms with Gasteiger partial charge in [-0.15, -0.1) is 0 Å². The zero-order chi connectivity index (χ0) is 38.1. The van der Waals surface area contributed by atoms with E-state index in [2.05, 4.69) is 45.5 Å². The molecule has 0 aliphatic carbocycles. The molecule has 1 aliphatic heterocycles. The van der Waals surface area contributed by atoms with Gasteiger partial charge in [-0.2, -0.15) is 0 Å². The van der Waals surface area contributed by atoms with Crippen molar-refractivity contribution in [2.75, 3.05) is 0 Å². The van der Waals surface area contributed by atoms with Crippen molar-refractivity contribution in [3.63, 3.8) is 0 Å². The van der Waals surface area contributed by atoms with Gasteiger partial charge < -0.3 is 14.2 Å². The Labute approximate surface area is 326 Å². The molecule has 3 heterocycles. The fourth-order valence-corrected chi connectivity index (χ4v) is 7.84. The van der Waals surface area contributed by atoms with Crippen molar-refractivity contribution in [3.05, 3.63) is 177 Å². The maximum Gasteiger partial charge on any atom is 0.262 e. The van der Waals surface area contributed by atoms with Crippen LogP contribution >= 0.6 is 23.2 Å². The van der Waals surface area contributed by atoms with Gasteiger partial charge in [0, 0.05) is 56.3 Å². The SMILES string of the molecule is CC(C)C(O)c1cc2cc(Cl)ccc2n1Cc1ccccc1.CC(C)C(c1cc2cc(Cl)ccc2n1Cc1ccccc1)N1C(=O)c2ccccc2C1=O. The third-order valence-corrected chi connectivity index (χ3v) is 10.6. The summed E-state index contributed by atoms with van der Waals surface area (Å²) in [5, 5.41) is 14.0. The van der Waals surface area contributed by atoms with Crippen LogP contribution in [0.4, 0.5) is 0 Å². The van der Waals surface area contributed by atoms with E-state index < -0.39 is 12.1 Å². The average molecular weight is 757 g/mol. The highest BCUT2D eigenvalue weighted by atomic mass is 35.5. The molecule has 2 aromatic heterocycles. The van der Waals surface area contributed by atoms with Gasteiger partial charge >= 0.3 is 0 Å². The van der Waals surface area contributed by atoms with Gasteiger partial charge in [0.1, 0.15) is 0 Å². The number of benzene rings is 5. The number of amides is 2. The second-order valence-electron chi connectivity index (χ2n) is 14.6. The zero-order valence-corrected chi connectivity index (χ0v) is 32.3. The van der Waals surface area contributed by atoms with Crippen LogP contribution in [-0.2, 0) is 13.1 Å². The second-order valence-corrected chi connectivity index (χ2v) is 15.5. The molecule has 0 saturated heterocycles. The number of carbonyl (C=O) groups excluding carboxylic acids is 2. The Hall–Kier alpha value is -5.14. The molecular weight excluding hydrogens is 713 g/mol. The molecule has 6 nitrogen and oxygen atoms in total. The summed E-state index contributed by atoms with van der Waals surface area (Å²) < 4.78 is 4.39. The lowest BCUT2D eigenvalue weighted by molar-refractivity contribution is 0.0530. The lowest BCUT2D eigenvalue weighted by Gasteiger charge is -2.31. The normalized spacial score (nSPS) is 13.8. The van der Waals surface area contributed by atoms with Crippen LogP contribution in [0.1, 0.15) is 83.1 Å². The highest BCUT2D eigenvalue weighted by Crippen LogP contribution is 2.39. The van der Waals surface area contributed by atoms with Crippen LogP contribution in [0.5, 0.6) is 0 Å². The average Bonchev–Trinajstić information content (AvgIpc) is 3.78. The Morgan fingerprint density at radius 3 is 1.41 bits per heavy atom. The standard InChI is InChI=1S/C27H23ClN2O2.C19H20ClNO/c1-17(2)25(30-26(31)21-10-6-7-11-22(21)27(30)32)24-15-19-14-20(28)12-13-23(19)29(24)16-18-8-4-3-5-9-18;1-13(2)19(22)18-11-15-10-16(20)8-9-17(15)21(18)12-14-6-4-3-5-7-14/h3-15,17,25H,16H2,1-2H3;3-11,13,19,22H,12H2,1-2H3. The zero-order valence-electron chi connectivity index (χ0n) is 30.8. The van der Waals surface area contributed by atoms with Gasteiger partial charge in [0.15, 0.2) is 0 Å². The van der Waals surface area contributed by atoms with E-state index in [0.717, 1.165) is 50.3 Å². The predicted molar refractivity (Wildman–Crippen MR) is 219 cm³/mol. The van der Waals surface area contributed by atoms with E-state index in [-0.39, 0.29) is 23.7 Å². The topological polar surface area (TPSA) is 67.5 Å². The van der Waals surface area contributed by atoms with Crippen molar-refractivity contribution in [2.24, 2.45) is 11.8 Å². The molecule has 0 fully saturated rings. The molecule has 274 valence electrons. The van der Waals surface area contributed by atoms with E-state index in [1.165, 1.54) is 10.5 Å². The van der Waals surface area contributed by atoms with Crippen LogP contribution in [0.15, 0.2) is 133 Å². The van der Waals surface area contributed by atoms with Gasteiger partial charge in [-0.25, -0.2) is 0 Å². The highest BCUT2D eigenvalue weighted by molar-refractivity contribution is 6.31. The maximum atomic E-state index is 13.3. The van der Waals surface area contributed by atoms with Crippen molar-refractivity contribution in [1.82, 2.24) is 14.0 Å². The molecule has 8 heteroatoms. The summed E-state index contributed by atoms with van der Waals surface area (Å²) in [7, 11) is 0. The molecule has 2 amide bonds. The Morgan fingerprint density at radius 1 is 0.537 bits per heavy atom. The first-order chi connectivity index (χ1) is 26.0. The summed E-state index contributed by atoms with van der Waals surface area (Å²) in [6, 6.07) is 42.9. The molecule has 2 atom stereocenters. The summed E-state index contributed by atoms with van der Waals surface area (Å²) in [5.74, 6) is -0.293. The van der Waals surface area contributed by atoms with Gasteiger partial charge in [0.05, 0.1) is 23.3 Å². The number of halogens is 2. The van der Waals surface area contributed by atoms with Gasteiger partial charge in [0.2, 0.25) is 0 Å². The quantitative estimate of drug-likeness (QED) is 0.149. The Bertz CT molecular complexity index is 2420. The summed E-state index contributed by atoms with van der Waals surface area (Å²) in [6.07, 6.45) is -0.491. The number of hydrogen-bond donors (Lipinski definition) is 1. The van der Waals surface area contributed by atoms with Crippen molar-refractivity contribution in [3.8, 4) is 0 Å². The number of aliphatic hydroxyl groups is 1. The third-order valence-electron chi connectivity index (χ3n) is 10.1. The first kappa shape index (κ1) is 37.2. The van der Waals surface area contributed by atoms with E-state index in [1.807, 2.05) is 100 Å². The van der Waals surface area contributed by atoms with E-state index in [1.54, 1.807) is 24.3 Å². The number of imide groups is 1. The van der Waals surface area contributed by atoms with Crippen LogP contribution in [0, 0.1) is 11.8 Å². The molecule has 1 aliphatic rings. The number of rotatable bonds is 9. The Morgan fingerprint density at radius 2 is 0.963 bits per heavy atom. The summed E-state index contributed by atoms with van der Waals surface area (Å²) in [6.45, 7) is 9.53. The van der Waals surface area contributed by atoms with Crippen molar-refractivity contribution in [1.29, 1.82) is 0 Å². The summed E-state index contributed by atoms with van der Waals surface area (Å²) >= 11 is 12.4. The lowest BCUT2D eigenvalue weighted by atomic mass is 9.98. The predicted octanol–water partition coefficient (Wildman–Crippen LogP) is 11.4. The number of nitrogens with zero attached hydrogens (tertiary/aromatic N) is 3. The van der Waals surface area contributed by atoms with Gasteiger partial charge in [0.25, 0.3) is 11.8 Å². The first-order valence-electron chi connectivity index (χ1n) is 18.3. The molecule has 2 unspecified atom stereocenters. The molecule has 1 N–H and O–H groups in total. The third kappa shape index (κ3) is 7.34. The molecule has 5 aromatic carbocycles. The van der Waals surface area contributed by atoms with E-state index in [4.69, 9.17) is 23.2 Å². The lowest BCUT2D eigenvalue weighted by Crippen LogP contribution is -2.38. The number of aliphatic hydroxyl groups excluding tert-OH is 1. The minimum Gasteiger partial charge on any atom is -0.387 e.